The summed E-state index contributed by atoms with van der Waals surface area (Å²) < 4.78 is 5.65. The van der Waals surface area contributed by atoms with Crippen LogP contribution >= 0.6 is 0 Å². The van der Waals surface area contributed by atoms with E-state index in [0.717, 1.165) is 34.9 Å². The van der Waals surface area contributed by atoms with Crippen LogP contribution in [0.25, 0.3) is 12.3 Å². The quantitative estimate of drug-likeness (QED) is 0.703. The topological polar surface area (TPSA) is 22.1 Å². The first-order valence-corrected chi connectivity index (χ1v) is 5.61. The molecule has 0 radical (unpaired) electrons. The predicted octanol–water partition coefficient (Wildman–Crippen LogP) is 1.91. The third-order valence-electron chi connectivity index (χ3n) is 2.29. The number of nitrogens with zero attached hydrogens (tertiary/aromatic N) is 1. The van der Waals surface area contributed by atoms with Crippen molar-refractivity contribution >= 4 is 12.3 Å². The summed E-state index contributed by atoms with van der Waals surface area (Å²) in [5, 5.41) is 1.67. The molecule has 0 saturated carbocycles. The Morgan fingerprint density at radius 1 is 1.50 bits per heavy atom. The van der Waals surface area contributed by atoms with E-state index < -0.39 is 0 Å². The summed E-state index contributed by atoms with van der Waals surface area (Å²) >= 11 is 0. The summed E-state index contributed by atoms with van der Waals surface area (Å²) in [4.78, 5) is 4.43. The Labute approximate surface area is 97.0 Å². The van der Waals surface area contributed by atoms with Crippen LogP contribution in [0.2, 0.25) is 0 Å². The predicted molar refractivity (Wildman–Crippen MR) is 68.2 cm³/mol. The van der Waals surface area contributed by atoms with E-state index in [0.29, 0.717) is 6.61 Å². The Morgan fingerprint density at radius 2 is 2.25 bits per heavy atom. The molecule has 1 aromatic heterocycles. The van der Waals surface area contributed by atoms with E-state index in [1.54, 1.807) is 6.08 Å². The van der Waals surface area contributed by atoms with Crippen molar-refractivity contribution < 1.29 is 4.74 Å². The van der Waals surface area contributed by atoms with Crippen LogP contribution in [0.1, 0.15) is 25.5 Å². The molecule has 0 aromatic carbocycles. The van der Waals surface area contributed by atoms with Gasteiger partial charge in [-0.25, -0.2) is 4.98 Å². The second kappa shape index (κ2) is 6.11. The molecule has 0 aliphatic rings. The lowest BCUT2D eigenvalue weighted by Gasteiger charge is -2.05. The number of hydrogen-bond donors (Lipinski definition) is 0. The fraction of sp³-hybridized carbons (Fsp3) is 0.357. The SMILES string of the molecule is C=C/C(OCCCC)=c1/nc(C)ccc1=C. The molecule has 2 nitrogen and oxygen atoms in total. The number of pyridine rings is 1. The first kappa shape index (κ1) is 12.5. The van der Waals surface area contributed by atoms with Gasteiger partial charge in [0.05, 0.1) is 6.61 Å². The van der Waals surface area contributed by atoms with Gasteiger partial charge < -0.3 is 4.74 Å². The van der Waals surface area contributed by atoms with Crippen LogP contribution < -0.4 is 10.6 Å². The molecule has 0 spiro atoms. The second-order valence-corrected chi connectivity index (χ2v) is 3.73. The molecule has 0 N–H and O–H groups in total. The largest absolute Gasteiger partial charge is 0.491 e. The van der Waals surface area contributed by atoms with Crippen molar-refractivity contribution in [3.8, 4) is 0 Å². The Kier molecular flexibility index (Phi) is 4.77. The fourth-order valence-corrected chi connectivity index (χ4v) is 1.35. The molecule has 16 heavy (non-hydrogen) atoms. The molecule has 0 fully saturated rings. The summed E-state index contributed by atoms with van der Waals surface area (Å²) in [6, 6.07) is 3.89. The van der Waals surface area contributed by atoms with Crippen LogP contribution in [-0.4, -0.2) is 11.6 Å². The van der Waals surface area contributed by atoms with Crippen molar-refractivity contribution in [3.63, 3.8) is 0 Å². The van der Waals surface area contributed by atoms with E-state index in [1.165, 1.54) is 0 Å². The fourth-order valence-electron chi connectivity index (χ4n) is 1.35. The van der Waals surface area contributed by atoms with Gasteiger partial charge in [-0.2, -0.15) is 0 Å². The van der Waals surface area contributed by atoms with E-state index in [2.05, 4.69) is 25.1 Å². The van der Waals surface area contributed by atoms with Gasteiger partial charge in [0.2, 0.25) is 0 Å². The Bertz CT molecular complexity index is 462. The molecular weight excluding hydrogens is 198 g/mol. The first-order valence-electron chi connectivity index (χ1n) is 5.61. The highest BCUT2D eigenvalue weighted by atomic mass is 16.5. The van der Waals surface area contributed by atoms with Crippen molar-refractivity contribution in [1.29, 1.82) is 0 Å². The number of rotatable bonds is 5. The third-order valence-corrected chi connectivity index (χ3v) is 2.29. The summed E-state index contributed by atoms with van der Waals surface area (Å²) in [7, 11) is 0. The van der Waals surface area contributed by atoms with Crippen molar-refractivity contribution in [3.05, 3.63) is 41.0 Å². The molecule has 0 bridgehead atoms. The zero-order chi connectivity index (χ0) is 12.0. The lowest BCUT2D eigenvalue weighted by atomic mass is 10.3. The molecule has 0 saturated heterocycles. The van der Waals surface area contributed by atoms with Crippen molar-refractivity contribution in [2.45, 2.75) is 26.7 Å². The summed E-state index contributed by atoms with van der Waals surface area (Å²) in [6.07, 6.45) is 3.85. The van der Waals surface area contributed by atoms with Crippen LogP contribution in [0.4, 0.5) is 0 Å². The van der Waals surface area contributed by atoms with Crippen molar-refractivity contribution in [2.24, 2.45) is 0 Å². The molecule has 1 aromatic rings. The highest BCUT2D eigenvalue weighted by Gasteiger charge is 1.97. The van der Waals surface area contributed by atoms with Crippen LogP contribution in [0.15, 0.2) is 24.8 Å². The van der Waals surface area contributed by atoms with E-state index >= 15 is 0 Å². The number of aryl methyl sites for hydroxylation is 1. The van der Waals surface area contributed by atoms with Crippen LogP contribution in [0.3, 0.4) is 0 Å². The molecular formula is C14H19NO. The van der Waals surface area contributed by atoms with Gasteiger partial charge in [0.25, 0.3) is 0 Å². The molecule has 0 amide bonds. The first-order chi connectivity index (χ1) is 7.69. The minimum absolute atomic E-state index is 0.701. The van der Waals surface area contributed by atoms with Gasteiger partial charge >= 0.3 is 0 Å². The normalized spacial score (nSPS) is 12.1. The third kappa shape index (κ3) is 3.23. The van der Waals surface area contributed by atoms with Gasteiger partial charge in [-0.1, -0.05) is 32.6 Å². The zero-order valence-electron chi connectivity index (χ0n) is 10.1. The Hall–Kier alpha value is -1.57. The van der Waals surface area contributed by atoms with Gasteiger partial charge in [0.15, 0.2) is 0 Å². The van der Waals surface area contributed by atoms with Gasteiger partial charge in [-0.3, -0.25) is 0 Å². The summed E-state index contributed by atoms with van der Waals surface area (Å²) in [5.74, 6) is 0.724. The average molecular weight is 217 g/mol. The van der Waals surface area contributed by atoms with Gasteiger partial charge in [0, 0.05) is 5.69 Å². The second-order valence-electron chi connectivity index (χ2n) is 3.73. The van der Waals surface area contributed by atoms with Crippen LogP contribution in [0, 0.1) is 6.92 Å². The number of aromatic nitrogens is 1. The summed E-state index contributed by atoms with van der Waals surface area (Å²) in [6.45, 7) is 12.5. The highest BCUT2D eigenvalue weighted by molar-refractivity contribution is 5.47. The minimum Gasteiger partial charge on any atom is -0.491 e. The smallest absolute Gasteiger partial charge is 0.144 e. The Morgan fingerprint density at radius 3 is 2.88 bits per heavy atom. The van der Waals surface area contributed by atoms with Gasteiger partial charge in [-0.05, 0) is 30.7 Å². The lowest BCUT2D eigenvalue weighted by Crippen LogP contribution is -2.30. The average Bonchev–Trinajstić information content (AvgIpc) is 2.28. The summed E-state index contributed by atoms with van der Waals surface area (Å²) in [5.41, 5.74) is 0.959. The molecule has 0 aliphatic heterocycles. The van der Waals surface area contributed by atoms with Gasteiger partial charge in [0.1, 0.15) is 11.1 Å². The van der Waals surface area contributed by atoms with Crippen LogP contribution in [0.5, 0.6) is 0 Å². The molecule has 1 heterocycles. The number of unbranched alkanes of at least 4 members (excludes halogenated alkanes) is 1. The Balaban J connectivity index is 3.10. The molecule has 0 atom stereocenters. The maximum atomic E-state index is 5.65. The minimum atomic E-state index is 0.701. The standard InChI is InChI=1S/C14H19NO/c1-5-7-10-16-13(6-2)14-11(3)8-9-12(4)15-14/h6,8-9H,2-3,5,7,10H2,1,4H3/b14-13-. The molecule has 0 unspecified atom stereocenters. The zero-order valence-corrected chi connectivity index (χ0v) is 10.1. The van der Waals surface area contributed by atoms with E-state index in [1.807, 2.05) is 19.1 Å². The maximum absolute atomic E-state index is 5.65. The molecule has 2 heteroatoms. The van der Waals surface area contributed by atoms with Crippen molar-refractivity contribution in [1.82, 2.24) is 4.98 Å². The van der Waals surface area contributed by atoms with E-state index in [-0.39, 0.29) is 0 Å². The number of hydrogen-bond acceptors (Lipinski definition) is 2. The molecule has 1 rings (SSSR count). The number of ether oxygens (including phenoxy) is 1. The van der Waals surface area contributed by atoms with E-state index in [4.69, 9.17) is 4.74 Å². The van der Waals surface area contributed by atoms with Crippen LogP contribution in [-0.2, 0) is 4.74 Å². The van der Waals surface area contributed by atoms with Crippen molar-refractivity contribution in [2.75, 3.05) is 6.61 Å². The monoisotopic (exact) mass is 217 g/mol. The highest BCUT2D eigenvalue weighted by Crippen LogP contribution is 1.99. The lowest BCUT2D eigenvalue weighted by molar-refractivity contribution is 0.269. The molecule has 0 aliphatic carbocycles. The maximum Gasteiger partial charge on any atom is 0.144 e. The van der Waals surface area contributed by atoms with E-state index in [9.17, 15) is 0 Å². The van der Waals surface area contributed by atoms with Gasteiger partial charge in [-0.15, -0.1) is 0 Å². The molecule has 86 valence electrons.